The van der Waals surface area contributed by atoms with Gasteiger partial charge in [0.1, 0.15) is 17.0 Å². The van der Waals surface area contributed by atoms with Crippen molar-refractivity contribution in [3.05, 3.63) is 67.0 Å². The first kappa shape index (κ1) is 22.2. The normalized spacial score (nSPS) is 14.7. The number of hydrogen-bond donors (Lipinski definition) is 2. The molecule has 2 N–H and O–H groups in total. The molecule has 0 aliphatic carbocycles. The molecule has 1 saturated heterocycles. The molecule has 5 rings (SSSR count). The molecular weight excluding hydrogens is 455 g/mol. The maximum atomic E-state index is 13.1. The van der Waals surface area contributed by atoms with Gasteiger partial charge in [-0.3, -0.25) is 14.2 Å². The Balaban J connectivity index is 1.47. The molecule has 0 saturated carbocycles. The highest BCUT2D eigenvalue weighted by Gasteiger charge is 2.22. The predicted molar refractivity (Wildman–Crippen MR) is 128 cm³/mol. The Hall–Kier alpha value is -3.59. The summed E-state index contributed by atoms with van der Waals surface area (Å²) in [6.07, 6.45) is 8.42. The first-order chi connectivity index (χ1) is 16.6. The lowest BCUT2D eigenvalue weighted by Crippen LogP contribution is -2.41. The quantitative estimate of drug-likeness (QED) is 0.406. The maximum absolute atomic E-state index is 13.1. The number of hydrogen-bond acceptors (Lipinski definition) is 8. The Bertz CT molecular complexity index is 1310. The number of rotatable bonds is 6. The van der Waals surface area contributed by atoms with Crippen LogP contribution in [0.15, 0.2) is 61.3 Å². The molecule has 4 aromatic rings. The van der Waals surface area contributed by atoms with Crippen molar-refractivity contribution in [1.29, 1.82) is 0 Å². The van der Waals surface area contributed by atoms with Crippen molar-refractivity contribution in [2.24, 2.45) is 0 Å². The Kier molecular flexibility index (Phi) is 6.35. The molecule has 0 spiro atoms. The zero-order valence-electron chi connectivity index (χ0n) is 18.5. The van der Waals surface area contributed by atoms with Gasteiger partial charge in [-0.25, -0.2) is 9.97 Å². The molecule has 174 valence electrons. The van der Waals surface area contributed by atoms with Crippen molar-refractivity contribution in [2.75, 3.05) is 38.5 Å². The third-order valence-corrected chi connectivity index (χ3v) is 6.72. The predicted octanol–water partition coefficient (Wildman–Crippen LogP) is 2.31. The van der Waals surface area contributed by atoms with E-state index in [1.807, 2.05) is 24.4 Å². The van der Waals surface area contributed by atoms with Gasteiger partial charge in [0.2, 0.25) is 5.88 Å². The minimum Gasteiger partial charge on any atom is -0.480 e. The Labute approximate surface area is 197 Å². The van der Waals surface area contributed by atoms with Crippen LogP contribution in [-0.4, -0.2) is 68.5 Å². The summed E-state index contributed by atoms with van der Waals surface area (Å²) in [7, 11) is -0.180. The van der Waals surface area contributed by atoms with Crippen LogP contribution in [0.4, 0.5) is 5.69 Å². The summed E-state index contributed by atoms with van der Waals surface area (Å²) >= 11 is 0. The lowest BCUT2D eigenvalue weighted by molar-refractivity contribution is 0.0298. The largest absolute Gasteiger partial charge is 0.480 e. The van der Waals surface area contributed by atoms with Gasteiger partial charge in [0.25, 0.3) is 5.91 Å². The highest BCUT2D eigenvalue weighted by molar-refractivity contribution is 7.61. The minimum atomic E-state index is -1.71. The summed E-state index contributed by atoms with van der Waals surface area (Å²) in [5.74, 6) is 0.284. The van der Waals surface area contributed by atoms with Crippen LogP contribution in [0, 0.1) is 0 Å². The number of morpholine rings is 1. The molecule has 0 aromatic carbocycles. The van der Waals surface area contributed by atoms with Crippen molar-refractivity contribution >= 4 is 30.8 Å². The summed E-state index contributed by atoms with van der Waals surface area (Å²) in [6.45, 7) is 2.19. The third-order valence-electron chi connectivity index (χ3n) is 5.52. The first-order valence-electron chi connectivity index (χ1n) is 10.7. The third kappa shape index (κ3) is 4.43. The molecule has 10 nitrogen and oxygen atoms in total. The Morgan fingerprint density at radius 3 is 2.76 bits per heavy atom. The van der Waals surface area contributed by atoms with E-state index in [0.717, 1.165) is 11.1 Å². The lowest BCUT2D eigenvalue weighted by Gasteiger charge is -2.26. The van der Waals surface area contributed by atoms with E-state index in [1.165, 1.54) is 7.11 Å². The molecule has 0 radical (unpaired) electrons. The van der Waals surface area contributed by atoms with Crippen molar-refractivity contribution in [1.82, 2.24) is 24.3 Å². The number of ether oxygens (including phenoxy) is 2. The van der Waals surface area contributed by atoms with Crippen LogP contribution in [0.2, 0.25) is 0 Å². The summed E-state index contributed by atoms with van der Waals surface area (Å²) in [4.78, 5) is 38.3. The van der Waals surface area contributed by atoms with Crippen molar-refractivity contribution in [2.45, 2.75) is 0 Å². The highest BCUT2D eigenvalue weighted by Crippen LogP contribution is 2.36. The fourth-order valence-electron chi connectivity index (χ4n) is 3.75. The van der Waals surface area contributed by atoms with Crippen molar-refractivity contribution in [3.8, 4) is 17.0 Å². The number of pyridine rings is 3. The number of fused-ring (bicyclic) bond motifs is 1. The van der Waals surface area contributed by atoms with E-state index >= 15 is 0 Å². The average Bonchev–Trinajstić information content (AvgIpc) is 3.32. The molecule has 5 heterocycles. The van der Waals surface area contributed by atoms with Crippen LogP contribution in [0.3, 0.4) is 0 Å². The first-order valence-corrected chi connectivity index (χ1v) is 12.0. The van der Waals surface area contributed by atoms with Crippen LogP contribution in [0.25, 0.3) is 16.8 Å². The Morgan fingerprint density at radius 1 is 1.15 bits per heavy atom. The van der Waals surface area contributed by atoms with Crippen molar-refractivity contribution < 1.29 is 19.2 Å². The molecule has 1 aliphatic heterocycles. The van der Waals surface area contributed by atoms with E-state index in [1.54, 1.807) is 46.2 Å². The van der Waals surface area contributed by atoms with Gasteiger partial charge in [-0.15, -0.1) is 0 Å². The molecule has 11 heteroatoms. The number of methoxy groups -OCH3 is 1. The second-order valence-electron chi connectivity index (χ2n) is 7.61. The van der Waals surface area contributed by atoms with E-state index < -0.39 is 8.30 Å². The number of amides is 1. The number of carbonyl (C=O) groups is 1. The molecule has 1 unspecified atom stereocenters. The van der Waals surface area contributed by atoms with Crippen LogP contribution in [0.5, 0.6) is 5.88 Å². The number of nitrogens with zero attached hydrogens (tertiary/aromatic N) is 5. The molecule has 1 amide bonds. The van der Waals surface area contributed by atoms with E-state index in [9.17, 15) is 9.69 Å². The maximum Gasteiger partial charge on any atom is 0.272 e. The second-order valence-corrected chi connectivity index (χ2v) is 8.97. The van der Waals surface area contributed by atoms with Gasteiger partial charge in [-0.1, -0.05) is 0 Å². The standard InChI is InChI=1S/C23H23N6O4P/c1-32-22-19(27-34(31)18-3-2-6-24-13-18)11-17(12-26-22)16-4-5-21-25-14-20(29(21)15-16)23(30)28-7-9-33-10-8-28/h2-6,11-15,27,31H,7-10H2,1H3. The molecule has 1 atom stereocenters. The van der Waals surface area contributed by atoms with Gasteiger partial charge >= 0.3 is 0 Å². The second kappa shape index (κ2) is 9.72. The molecule has 34 heavy (non-hydrogen) atoms. The van der Waals surface area contributed by atoms with Gasteiger partial charge in [0.15, 0.2) is 8.30 Å². The fraction of sp³-hybridized carbons (Fsp3) is 0.217. The molecule has 1 aliphatic rings. The molecular formula is C23H23N6O4P. The monoisotopic (exact) mass is 478 g/mol. The van der Waals surface area contributed by atoms with Crippen molar-refractivity contribution in [3.63, 3.8) is 0 Å². The van der Waals surface area contributed by atoms with Crippen LogP contribution >= 0.6 is 8.30 Å². The molecule has 4 aromatic heterocycles. The zero-order chi connectivity index (χ0) is 23.5. The van der Waals surface area contributed by atoms with E-state index in [2.05, 4.69) is 20.0 Å². The highest BCUT2D eigenvalue weighted by atomic mass is 31.2. The average molecular weight is 478 g/mol. The number of carbonyl (C=O) groups excluding carboxylic acids is 1. The lowest BCUT2D eigenvalue weighted by atomic mass is 10.1. The van der Waals surface area contributed by atoms with Crippen LogP contribution in [-0.2, 0) is 4.74 Å². The fourth-order valence-corrected chi connectivity index (χ4v) is 4.67. The topological polar surface area (TPSA) is 114 Å². The van der Waals surface area contributed by atoms with Gasteiger partial charge in [0, 0.05) is 54.3 Å². The number of nitrogens with one attached hydrogen (secondary N) is 1. The minimum absolute atomic E-state index is 0.0782. The zero-order valence-corrected chi connectivity index (χ0v) is 19.4. The summed E-state index contributed by atoms with van der Waals surface area (Å²) < 4.78 is 12.5. The SMILES string of the molecule is COc1ncc(-c2ccc3ncc(C(=O)N4CCOCC4)n3c2)cc1NP(O)c1cccnc1. The van der Waals surface area contributed by atoms with Crippen LogP contribution in [0.1, 0.15) is 10.5 Å². The summed E-state index contributed by atoms with van der Waals surface area (Å²) in [6, 6.07) is 9.20. The summed E-state index contributed by atoms with van der Waals surface area (Å²) in [5.41, 5.74) is 3.35. The van der Waals surface area contributed by atoms with Gasteiger partial charge in [-0.2, -0.15) is 0 Å². The van der Waals surface area contributed by atoms with Crippen LogP contribution < -0.4 is 15.1 Å². The van der Waals surface area contributed by atoms with Gasteiger partial charge < -0.3 is 24.4 Å². The summed E-state index contributed by atoms with van der Waals surface area (Å²) in [5, 5.41) is 3.77. The number of anilines is 1. The van der Waals surface area contributed by atoms with Gasteiger partial charge in [0.05, 0.1) is 26.5 Å². The van der Waals surface area contributed by atoms with E-state index in [4.69, 9.17) is 9.47 Å². The number of imidazole rings is 1. The van der Waals surface area contributed by atoms with E-state index in [0.29, 0.717) is 54.5 Å². The number of aromatic nitrogens is 4. The molecule has 0 bridgehead atoms. The molecule has 1 fully saturated rings. The Morgan fingerprint density at radius 2 is 2.00 bits per heavy atom. The van der Waals surface area contributed by atoms with Gasteiger partial charge in [-0.05, 0) is 30.3 Å². The smallest absolute Gasteiger partial charge is 0.272 e. The van der Waals surface area contributed by atoms with E-state index in [-0.39, 0.29) is 5.91 Å².